The van der Waals surface area contributed by atoms with Gasteiger partial charge >= 0.3 is 0 Å². The van der Waals surface area contributed by atoms with E-state index in [1.54, 1.807) is 29.2 Å². The van der Waals surface area contributed by atoms with Crippen LogP contribution in [-0.4, -0.2) is 41.1 Å². The third kappa shape index (κ3) is 4.43. The Hall–Kier alpha value is -3.23. The molecule has 0 aliphatic carbocycles. The number of nitrogens with zero attached hydrogens (tertiary/aromatic N) is 2. The first-order chi connectivity index (χ1) is 16.3. The number of anilines is 2. The third-order valence-corrected chi connectivity index (χ3v) is 7.83. The summed E-state index contributed by atoms with van der Waals surface area (Å²) in [6.45, 7) is 1.57. The zero-order chi connectivity index (χ0) is 24.5. The van der Waals surface area contributed by atoms with Gasteiger partial charge in [-0.05, 0) is 61.4 Å². The van der Waals surface area contributed by atoms with Crippen molar-refractivity contribution in [2.75, 3.05) is 30.0 Å². The van der Waals surface area contributed by atoms with Gasteiger partial charge in [0.1, 0.15) is 6.54 Å². The van der Waals surface area contributed by atoms with Crippen molar-refractivity contribution < 1.29 is 22.7 Å². The molecule has 1 atom stereocenters. The summed E-state index contributed by atoms with van der Waals surface area (Å²) in [6, 6.07) is 18.3. The smallest absolute Gasteiger partial charge is 0.264 e. The highest BCUT2D eigenvalue weighted by atomic mass is 35.5. The van der Waals surface area contributed by atoms with Crippen LogP contribution in [0.15, 0.2) is 71.6 Å². The number of para-hydroxylation sites is 1. The average molecular weight is 501 g/mol. The monoisotopic (exact) mass is 500 g/mol. The third-order valence-electron chi connectivity index (χ3n) is 5.81. The molecule has 0 saturated carbocycles. The number of hydrogen-bond acceptors (Lipinski definition) is 5. The topological polar surface area (TPSA) is 76.2 Å². The van der Waals surface area contributed by atoms with E-state index in [1.165, 1.54) is 32.4 Å². The molecule has 1 aliphatic heterocycles. The summed E-state index contributed by atoms with van der Waals surface area (Å²) in [7, 11) is -1.23. The van der Waals surface area contributed by atoms with E-state index in [0.717, 1.165) is 15.6 Å². The van der Waals surface area contributed by atoms with E-state index in [9.17, 15) is 13.2 Å². The van der Waals surface area contributed by atoms with Crippen LogP contribution in [0.2, 0.25) is 5.02 Å². The maximum absolute atomic E-state index is 13.8. The van der Waals surface area contributed by atoms with Crippen molar-refractivity contribution >= 4 is 38.9 Å². The summed E-state index contributed by atoms with van der Waals surface area (Å²) >= 11 is 6.03. The summed E-state index contributed by atoms with van der Waals surface area (Å²) in [5.41, 5.74) is 2.19. The number of fused-ring (bicyclic) bond motifs is 1. The fourth-order valence-corrected chi connectivity index (χ4v) is 5.73. The van der Waals surface area contributed by atoms with Crippen molar-refractivity contribution in [2.45, 2.75) is 24.3 Å². The minimum Gasteiger partial charge on any atom is -0.493 e. The second-order valence-corrected chi connectivity index (χ2v) is 10.2. The van der Waals surface area contributed by atoms with Gasteiger partial charge in [-0.15, -0.1) is 0 Å². The number of halogens is 1. The first kappa shape index (κ1) is 23.9. The number of carbonyl (C=O) groups excluding carboxylic acids is 1. The number of hydrogen-bond donors (Lipinski definition) is 0. The molecule has 1 aliphatic rings. The quantitative estimate of drug-likeness (QED) is 0.476. The van der Waals surface area contributed by atoms with Crippen LogP contribution >= 0.6 is 11.6 Å². The van der Waals surface area contributed by atoms with Crippen molar-refractivity contribution in [3.63, 3.8) is 0 Å². The summed E-state index contributed by atoms with van der Waals surface area (Å²) in [6.07, 6.45) is 0.714. The van der Waals surface area contributed by atoms with Crippen molar-refractivity contribution in [3.8, 4) is 11.5 Å². The maximum Gasteiger partial charge on any atom is 0.264 e. The molecule has 0 unspecified atom stereocenters. The van der Waals surface area contributed by atoms with Crippen LogP contribution in [0.5, 0.6) is 11.5 Å². The van der Waals surface area contributed by atoms with Crippen molar-refractivity contribution in [2.24, 2.45) is 0 Å². The molecule has 1 heterocycles. The lowest BCUT2D eigenvalue weighted by molar-refractivity contribution is -0.117. The molecule has 0 bridgehead atoms. The molecule has 0 N–H and O–H groups in total. The lowest BCUT2D eigenvalue weighted by atomic mass is 10.1. The van der Waals surface area contributed by atoms with Crippen LogP contribution in [0, 0.1) is 0 Å². The van der Waals surface area contributed by atoms with E-state index < -0.39 is 10.0 Å². The number of ether oxygens (including phenoxy) is 2. The molecule has 3 aromatic rings. The van der Waals surface area contributed by atoms with Gasteiger partial charge in [0, 0.05) is 22.8 Å². The van der Waals surface area contributed by atoms with E-state index in [1.807, 2.05) is 31.2 Å². The van der Waals surface area contributed by atoms with Crippen LogP contribution < -0.4 is 18.7 Å². The molecule has 178 valence electrons. The summed E-state index contributed by atoms with van der Waals surface area (Å²) in [4.78, 5) is 15.2. The second kappa shape index (κ2) is 9.56. The Morgan fingerprint density at radius 1 is 1.03 bits per heavy atom. The lowest BCUT2D eigenvalue weighted by Crippen LogP contribution is -2.45. The molecular formula is C25H25ClN2O5S. The van der Waals surface area contributed by atoms with Gasteiger partial charge in [0.25, 0.3) is 10.0 Å². The van der Waals surface area contributed by atoms with E-state index in [4.69, 9.17) is 21.1 Å². The normalized spacial score (nSPS) is 15.1. The maximum atomic E-state index is 13.8. The predicted molar refractivity (Wildman–Crippen MR) is 133 cm³/mol. The predicted octanol–water partition coefficient (Wildman–Crippen LogP) is 4.53. The molecule has 9 heteroatoms. The standard InChI is InChI=1S/C25H25ClN2O5S/c1-17-14-18-6-4-5-7-22(18)28(17)25(29)16-27(20-10-8-19(26)9-11-20)34(30,31)21-12-13-23(32-2)24(15-21)33-3/h4-13,15,17H,14,16H2,1-3H3/t17-/m0/s1. The largest absolute Gasteiger partial charge is 0.493 e. The SMILES string of the molecule is COc1ccc(S(=O)(=O)N(CC(=O)N2c3ccccc3C[C@@H]2C)c2ccc(Cl)cc2)cc1OC. The zero-order valence-corrected chi connectivity index (χ0v) is 20.6. The molecular weight excluding hydrogens is 476 g/mol. The number of sulfonamides is 1. The first-order valence-corrected chi connectivity index (χ1v) is 12.5. The van der Waals surface area contributed by atoms with Crippen LogP contribution in [0.1, 0.15) is 12.5 Å². The molecule has 34 heavy (non-hydrogen) atoms. The fraction of sp³-hybridized carbons (Fsp3) is 0.240. The molecule has 4 rings (SSSR count). The van der Waals surface area contributed by atoms with Crippen molar-refractivity contribution in [1.82, 2.24) is 0 Å². The number of benzene rings is 3. The van der Waals surface area contributed by atoms with Gasteiger partial charge in [-0.3, -0.25) is 9.10 Å². The number of rotatable bonds is 7. The first-order valence-electron chi connectivity index (χ1n) is 10.7. The molecule has 3 aromatic carbocycles. The molecule has 0 saturated heterocycles. The molecule has 1 amide bonds. The Morgan fingerprint density at radius 3 is 2.38 bits per heavy atom. The zero-order valence-electron chi connectivity index (χ0n) is 19.1. The molecule has 0 aromatic heterocycles. The molecule has 0 spiro atoms. The number of carbonyl (C=O) groups is 1. The Kier molecular flexibility index (Phi) is 6.72. The van der Waals surface area contributed by atoms with E-state index in [-0.39, 0.29) is 29.1 Å². The fourth-order valence-electron chi connectivity index (χ4n) is 4.17. The van der Waals surface area contributed by atoms with Gasteiger partial charge in [-0.25, -0.2) is 8.42 Å². The van der Waals surface area contributed by atoms with Gasteiger partial charge in [-0.1, -0.05) is 29.8 Å². The molecule has 0 fully saturated rings. The van der Waals surface area contributed by atoms with E-state index >= 15 is 0 Å². The van der Waals surface area contributed by atoms with Crippen molar-refractivity contribution in [1.29, 1.82) is 0 Å². The number of amides is 1. The van der Waals surface area contributed by atoms with Crippen molar-refractivity contribution in [3.05, 3.63) is 77.3 Å². The van der Waals surface area contributed by atoms with E-state index in [0.29, 0.717) is 22.9 Å². The average Bonchev–Trinajstić information content (AvgIpc) is 3.18. The van der Waals surface area contributed by atoms with Crippen LogP contribution in [0.25, 0.3) is 0 Å². The Bertz CT molecular complexity index is 1310. The van der Waals surface area contributed by atoms with E-state index in [2.05, 4.69) is 0 Å². The number of methoxy groups -OCH3 is 2. The molecule has 0 radical (unpaired) electrons. The minimum atomic E-state index is -4.14. The van der Waals surface area contributed by atoms with Crippen LogP contribution in [0.3, 0.4) is 0 Å². The highest BCUT2D eigenvalue weighted by Crippen LogP contribution is 2.35. The summed E-state index contributed by atoms with van der Waals surface area (Å²) in [5, 5.41) is 0.459. The Labute approximate surface area is 204 Å². The minimum absolute atomic E-state index is 0.0252. The van der Waals surface area contributed by atoms with Crippen LogP contribution in [-0.2, 0) is 21.2 Å². The second-order valence-electron chi connectivity index (χ2n) is 7.95. The van der Waals surface area contributed by atoms with Gasteiger partial charge in [0.15, 0.2) is 11.5 Å². The van der Waals surface area contributed by atoms with Gasteiger partial charge in [0.05, 0.1) is 24.8 Å². The van der Waals surface area contributed by atoms with Gasteiger partial charge < -0.3 is 14.4 Å². The summed E-state index contributed by atoms with van der Waals surface area (Å²) in [5.74, 6) is 0.350. The highest BCUT2D eigenvalue weighted by molar-refractivity contribution is 7.92. The lowest BCUT2D eigenvalue weighted by Gasteiger charge is -2.29. The summed E-state index contributed by atoms with van der Waals surface area (Å²) < 4.78 is 39.2. The molecule has 7 nitrogen and oxygen atoms in total. The Morgan fingerprint density at radius 2 is 1.71 bits per heavy atom. The van der Waals surface area contributed by atoms with Crippen LogP contribution in [0.4, 0.5) is 11.4 Å². The Balaban J connectivity index is 1.75. The van der Waals surface area contributed by atoms with Gasteiger partial charge in [-0.2, -0.15) is 0 Å². The highest BCUT2D eigenvalue weighted by Gasteiger charge is 2.35. The van der Waals surface area contributed by atoms with Gasteiger partial charge in [0.2, 0.25) is 5.91 Å².